The summed E-state index contributed by atoms with van der Waals surface area (Å²) in [5.74, 6) is 0.0203. The summed E-state index contributed by atoms with van der Waals surface area (Å²) < 4.78 is 1.05. The number of Topliss-reactive ketones (excluding diaryl/α,β-unsaturated/α-hetero) is 2. The molecule has 0 amide bonds. The van der Waals surface area contributed by atoms with Crippen LogP contribution < -0.4 is 5.32 Å². The summed E-state index contributed by atoms with van der Waals surface area (Å²) >= 11 is 3.45. The SMILES string of the molecule is CC[C@@H]([NH2+][C@H](C)C(=O)c1[nH]c(C)c(C(C)=O)c1C)c1ccc(Br)cc1. The van der Waals surface area contributed by atoms with E-state index in [1.54, 1.807) is 0 Å². The summed E-state index contributed by atoms with van der Waals surface area (Å²) in [5.41, 5.74) is 3.91. The van der Waals surface area contributed by atoms with Gasteiger partial charge in [-0.05, 0) is 45.4 Å². The quantitative estimate of drug-likeness (QED) is 0.686. The van der Waals surface area contributed by atoms with Gasteiger partial charge in [-0.25, -0.2) is 0 Å². The summed E-state index contributed by atoms with van der Waals surface area (Å²) in [7, 11) is 0. The van der Waals surface area contributed by atoms with E-state index in [2.05, 4.69) is 45.3 Å². The van der Waals surface area contributed by atoms with Gasteiger partial charge in [0.25, 0.3) is 0 Å². The van der Waals surface area contributed by atoms with Gasteiger partial charge in [0.2, 0.25) is 5.78 Å². The van der Waals surface area contributed by atoms with E-state index in [0.717, 1.165) is 22.2 Å². The lowest BCUT2D eigenvalue weighted by Gasteiger charge is -2.18. The zero-order chi connectivity index (χ0) is 18.7. The van der Waals surface area contributed by atoms with Crippen LogP contribution in [0.4, 0.5) is 0 Å². The number of hydrogen-bond acceptors (Lipinski definition) is 2. The molecule has 0 radical (unpaired) electrons. The molecule has 2 atom stereocenters. The van der Waals surface area contributed by atoms with Crippen molar-refractivity contribution in [1.82, 2.24) is 4.98 Å². The number of nitrogens with two attached hydrogens (primary N) is 1. The number of nitrogens with one attached hydrogen (secondary N) is 1. The standard InChI is InChI=1S/C20H25BrN2O2/c1-6-17(15-7-9-16(21)10-8-15)22-13(4)20(25)19-11(2)18(14(5)24)12(3)23-19/h7-10,13,17,22-23H,6H2,1-5H3/p+1/t13-,17-/m1/s1. The van der Waals surface area contributed by atoms with Crippen molar-refractivity contribution in [3.63, 3.8) is 0 Å². The van der Waals surface area contributed by atoms with E-state index in [1.807, 2.05) is 32.9 Å². The number of aromatic amines is 1. The highest BCUT2D eigenvalue weighted by Gasteiger charge is 2.27. The summed E-state index contributed by atoms with van der Waals surface area (Å²) in [6.45, 7) is 9.26. The highest BCUT2D eigenvalue weighted by Crippen LogP contribution is 2.20. The van der Waals surface area contributed by atoms with Gasteiger partial charge in [0.1, 0.15) is 12.1 Å². The number of H-pyrrole nitrogens is 1. The first-order valence-corrected chi connectivity index (χ1v) is 9.40. The van der Waals surface area contributed by atoms with E-state index in [9.17, 15) is 9.59 Å². The van der Waals surface area contributed by atoms with Gasteiger partial charge >= 0.3 is 0 Å². The Kier molecular flexibility index (Phi) is 6.36. The first-order valence-electron chi connectivity index (χ1n) is 8.61. The van der Waals surface area contributed by atoms with Crippen LogP contribution >= 0.6 is 15.9 Å². The molecule has 0 aliphatic heterocycles. The third kappa shape index (κ3) is 4.28. The lowest BCUT2D eigenvalue weighted by atomic mass is 10.00. The van der Waals surface area contributed by atoms with Crippen molar-refractivity contribution in [1.29, 1.82) is 0 Å². The summed E-state index contributed by atoms with van der Waals surface area (Å²) in [4.78, 5) is 27.8. The molecule has 0 saturated heterocycles. The lowest BCUT2D eigenvalue weighted by molar-refractivity contribution is -0.712. The zero-order valence-electron chi connectivity index (χ0n) is 15.4. The molecule has 134 valence electrons. The molecule has 0 spiro atoms. The molecule has 0 saturated carbocycles. The van der Waals surface area contributed by atoms with Gasteiger partial charge < -0.3 is 10.3 Å². The predicted octanol–water partition coefficient (Wildman–Crippen LogP) is 3.88. The molecule has 0 bridgehead atoms. The Bertz CT molecular complexity index is 778. The highest BCUT2D eigenvalue weighted by molar-refractivity contribution is 9.10. The maximum absolute atomic E-state index is 12.9. The van der Waals surface area contributed by atoms with Crippen molar-refractivity contribution < 1.29 is 14.9 Å². The average molecular weight is 406 g/mol. The number of carbonyl (C=O) groups is 2. The second kappa shape index (κ2) is 8.11. The van der Waals surface area contributed by atoms with Crippen LogP contribution in [0.2, 0.25) is 0 Å². The molecule has 0 unspecified atom stereocenters. The average Bonchev–Trinajstić information content (AvgIpc) is 2.87. The molecule has 25 heavy (non-hydrogen) atoms. The fourth-order valence-corrected chi connectivity index (χ4v) is 3.65. The molecular weight excluding hydrogens is 380 g/mol. The van der Waals surface area contributed by atoms with Gasteiger partial charge in [-0.2, -0.15) is 0 Å². The third-order valence-corrected chi connectivity index (χ3v) is 5.24. The topological polar surface area (TPSA) is 66.5 Å². The van der Waals surface area contributed by atoms with E-state index in [1.165, 1.54) is 12.5 Å². The fraction of sp³-hybridized carbons (Fsp3) is 0.400. The van der Waals surface area contributed by atoms with Crippen molar-refractivity contribution in [2.75, 3.05) is 0 Å². The predicted molar refractivity (Wildman–Crippen MR) is 103 cm³/mol. The van der Waals surface area contributed by atoms with Crippen molar-refractivity contribution in [2.24, 2.45) is 0 Å². The van der Waals surface area contributed by atoms with E-state index < -0.39 is 0 Å². The summed E-state index contributed by atoms with van der Waals surface area (Å²) in [6.07, 6.45) is 0.931. The molecule has 2 rings (SSSR count). The maximum atomic E-state index is 12.9. The highest BCUT2D eigenvalue weighted by atomic mass is 79.9. The number of ketones is 2. The molecule has 3 N–H and O–H groups in total. The van der Waals surface area contributed by atoms with Crippen LogP contribution in [0, 0.1) is 13.8 Å². The van der Waals surface area contributed by atoms with Crippen LogP contribution in [-0.2, 0) is 0 Å². The third-order valence-electron chi connectivity index (χ3n) is 4.71. The largest absolute Gasteiger partial charge is 0.355 e. The minimum atomic E-state index is -0.231. The number of aromatic nitrogens is 1. The Morgan fingerprint density at radius 3 is 2.28 bits per heavy atom. The van der Waals surface area contributed by atoms with Gasteiger partial charge in [0.15, 0.2) is 5.78 Å². The van der Waals surface area contributed by atoms with Crippen molar-refractivity contribution >= 4 is 27.5 Å². The van der Waals surface area contributed by atoms with Crippen LogP contribution in [0.3, 0.4) is 0 Å². The van der Waals surface area contributed by atoms with Gasteiger partial charge in [-0.15, -0.1) is 0 Å². The molecule has 5 heteroatoms. The first kappa shape index (κ1) is 19.6. The number of halogens is 1. The normalized spacial score (nSPS) is 13.5. The number of aryl methyl sites for hydroxylation is 1. The summed E-state index contributed by atoms with van der Waals surface area (Å²) in [5, 5.41) is 2.11. The Morgan fingerprint density at radius 2 is 1.80 bits per heavy atom. The van der Waals surface area contributed by atoms with E-state index >= 15 is 0 Å². The molecule has 1 heterocycles. The van der Waals surface area contributed by atoms with E-state index in [4.69, 9.17) is 0 Å². The Hall–Kier alpha value is -1.72. The number of quaternary nitrogens is 1. The van der Waals surface area contributed by atoms with E-state index in [0.29, 0.717) is 11.3 Å². The Morgan fingerprint density at radius 1 is 1.20 bits per heavy atom. The molecule has 0 aliphatic carbocycles. The molecule has 0 aliphatic rings. The van der Waals surface area contributed by atoms with Gasteiger partial charge in [-0.3, -0.25) is 9.59 Å². The number of rotatable bonds is 7. The zero-order valence-corrected chi connectivity index (χ0v) is 17.0. The number of hydrogen-bond donors (Lipinski definition) is 2. The lowest BCUT2D eigenvalue weighted by Crippen LogP contribution is -2.91. The second-order valence-corrected chi connectivity index (χ2v) is 7.51. The van der Waals surface area contributed by atoms with Crippen LogP contribution in [-0.4, -0.2) is 22.6 Å². The Balaban J connectivity index is 2.21. The molecule has 1 aromatic carbocycles. The van der Waals surface area contributed by atoms with E-state index in [-0.39, 0.29) is 23.7 Å². The molecule has 2 aromatic rings. The van der Waals surface area contributed by atoms with Crippen LogP contribution in [0.5, 0.6) is 0 Å². The van der Waals surface area contributed by atoms with Crippen LogP contribution in [0.1, 0.15) is 70.9 Å². The molecule has 0 fully saturated rings. The van der Waals surface area contributed by atoms with Crippen molar-refractivity contribution in [3.8, 4) is 0 Å². The number of benzene rings is 1. The maximum Gasteiger partial charge on any atom is 0.235 e. The smallest absolute Gasteiger partial charge is 0.235 e. The number of carbonyl (C=O) groups excluding carboxylic acids is 2. The van der Waals surface area contributed by atoms with Gasteiger partial charge in [-0.1, -0.05) is 35.0 Å². The molecule has 1 aromatic heterocycles. The minimum absolute atomic E-state index is 0.0109. The van der Waals surface area contributed by atoms with Gasteiger partial charge in [0, 0.05) is 27.7 Å². The van der Waals surface area contributed by atoms with Crippen molar-refractivity contribution in [2.45, 2.75) is 53.1 Å². The Labute approximate surface area is 157 Å². The summed E-state index contributed by atoms with van der Waals surface area (Å²) in [6, 6.07) is 8.21. The molecule has 4 nitrogen and oxygen atoms in total. The molecular formula is C20H26BrN2O2+. The monoisotopic (exact) mass is 405 g/mol. The van der Waals surface area contributed by atoms with Crippen LogP contribution in [0.25, 0.3) is 0 Å². The van der Waals surface area contributed by atoms with Gasteiger partial charge in [0.05, 0.1) is 5.69 Å². The first-order chi connectivity index (χ1) is 11.8. The minimum Gasteiger partial charge on any atom is -0.355 e. The second-order valence-electron chi connectivity index (χ2n) is 6.59. The van der Waals surface area contributed by atoms with Crippen molar-refractivity contribution in [3.05, 3.63) is 56.8 Å². The fourth-order valence-electron chi connectivity index (χ4n) is 3.38. The van der Waals surface area contributed by atoms with Crippen LogP contribution in [0.15, 0.2) is 28.7 Å².